The molecule has 2 N–H and O–H groups in total. The second-order valence-corrected chi connectivity index (χ2v) is 7.32. The fourth-order valence-corrected chi connectivity index (χ4v) is 3.82. The number of aromatic hydroxyl groups is 1. The molecule has 3 aromatic rings. The van der Waals surface area contributed by atoms with Crippen LogP contribution in [-0.4, -0.2) is 24.5 Å². The summed E-state index contributed by atoms with van der Waals surface area (Å²) in [5.74, 6) is 0.959. The zero-order valence-electron chi connectivity index (χ0n) is 17.5. The smallest absolute Gasteiger partial charge is 0.162 e. The van der Waals surface area contributed by atoms with Gasteiger partial charge in [-0.15, -0.1) is 0 Å². The molecule has 0 fully saturated rings. The molecule has 6 heteroatoms. The number of halogens is 1. The Bertz CT molecular complexity index is 1100. The van der Waals surface area contributed by atoms with Gasteiger partial charge in [0.25, 0.3) is 0 Å². The number of aliphatic imine (C=N–C) groups is 1. The van der Waals surface area contributed by atoms with E-state index >= 15 is 0 Å². The van der Waals surface area contributed by atoms with E-state index in [0.717, 1.165) is 17.0 Å². The Kier molecular flexibility index (Phi) is 6.18. The Balaban J connectivity index is 1.77. The summed E-state index contributed by atoms with van der Waals surface area (Å²) in [5.41, 5.74) is 3.19. The first-order chi connectivity index (χ1) is 15.1. The molecule has 1 aliphatic heterocycles. The molecule has 0 bridgehead atoms. The second-order valence-electron chi connectivity index (χ2n) is 7.32. The Hall–Kier alpha value is -3.38. The molecule has 0 spiro atoms. The molecule has 0 radical (unpaired) electrons. The first kappa shape index (κ1) is 20.9. The molecule has 0 amide bonds. The standard InChI is InChI=1S/C25H25FN2O3/c1-3-31-23-12-6-11-20(24(23)29)22-15-21(16-7-5-10-19(14-16)30-2)27-25(28-22)17-8-4-9-18(26)13-17/h4-14,22,25,28-29H,3,15H2,1-2H3/t22-,25+/m0/s1. The van der Waals surface area contributed by atoms with Crippen LogP contribution >= 0.6 is 0 Å². The van der Waals surface area contributed by atoms with Crippen LogP contribution in [0.2, 0.25) is 0 Å². The molecular weight excluding hydrogens is 395 g/mol. The summed E-state index contributed by atoms with van der Waals surface area (Å²) < 4.78 is 24.8. The maximum atomic E-state index is 13.9. The molecule has 1 aliphatic rings. The quantitative estimate of drug-likeness (QED) is 0.578. The lowest BCUT2D eigenvalue weighted by atomic mass is 9.93. The van der Waals surface area contributed by atoms with Gasteiger partial charge < -0.3 is 14.6 Å². The molecular formula is C25H25FN2O3. The molecule has 0 saturated heterocycles. The van der Waals surface area contributed by atoms with E-state index in [1.54, 1.807) is 19.2 Å². The lowest BCUT2D eigenvalue weighted by Gasteiger charge is -2.31. The molecule has 0 aliphatic carbocycles. The molecule has 31 heavy (non-hydrogen) atoms. The molecule has 0 saturated carbocycles. The third-order valence-corrected chi connectivity index (χ3v) is 5.31. The Labute approximate surface area is 181 Å². The van der Waals surface area contributed by atoms with Crippen molar-refractivity contribution in [2.45, 2.75) is 25.6 Å². The van der Waals surface area contributed by atoms with Gasteiger partial charge in [0.15, 0.2) is 11.5 Å². The van der Waals surface area contributed by atoms with E-state index in [4.69, 9.17) is 14.5 Å². The van der Waals surface area contributed by atoms with Gasteiger partial charge in [-0.25, -0.2) is 4.39 Å². The number of para-hydroxylation sites is 1. The minimum absolute atomic E-state index is 0.103. The van der Waals surface area contributed by atoms with Crippen LogP contribution in [0.25, 0.3) is 0 Å². The van der Waals surface area contributed by atoms with Gasteiger partial charge in [0, 0.05) is 23.7 Å². The van der Waals surface area contributed by atoms with Crippen LogP contribution in [0.1, 0.15) is 42.2 Å². The summed E-state index contributed by atoms with van der Waals surface area (Å²) in [6.45, 7) is 2.33. The van der Waals surface area contributed by atoms with E-state index in [2.05, 4.69) is 5.32 Å². The van der Waals surface area contributed by atoms with Crippen molar-refractivity contribution in [1.29, 1.82) is 0 Å². The SMILES string of the molecule is CCOc1cccc([C@@H]2CC(c3cccc(OC)c3)=N[C@@H](c3cccc(F)c3)N2)c1O. The van der Waals surface area contributed by atoms with Gasteiger partial charge in [-0.05, 0) is 48.4 Å². The number of nitrogens with zero attached hydrogens (tertiary/aromatic N) is 1. The molecule has 2 atom stereocenters. The van der Waals surface area contributed by atoms with Crippen LogP contribution in [0.5, 0.6) is 17.2 Å². The summed E-state index contributed by atoms with van der Waals surface area (Å²) in [5, 5.41) is 14.3. The highest BCUT2D eigenvalue weighted by Crippen LogP contribution is 2.39. The number of methoxy groups -OCH3 is 1. The highest BCUT2D eigenvalue weighted by atomic mass is 19.1. The lowest BCUT2D eigenvalue weighted by molar-refractivity contribution is 0.313. The third kappa shape index (κ3) is 4.54. The van der Waals surface area contributed by atoms with Crippen molar-refractivity contribution in [2.75, 3.05) is 13.7 Å². The molecule has 160 valence electrons. The van der Waals surface area contributed by atoms with Crippen molar-refractivity contribution in [3.8, 4) is 17.2 Å². The number of phenols is 1. The average molecular weight is 420 g/mol. The highest BCUT2D eigenvalue weighted by Gasteiger charge is 2.28. The first-order valence-corrected chi connectivity index (χ1v) is 10.3. The van der Waals surface area contributed by atoms with Crippen LogP contribution in [0.4, 0.5) is 4.39 Å². The minimum atomic E-state index is -0.467. The van der Waals surface area contributed by atoms with E-state index in [0.29, 0.717) is 29.9 Å². The fraction of sp³-hybridized carbons (Fsp3) is 0.240. The van der Waals surface area contributed by atoms with Gasteiger partial charge in [0.1, 0.15) is 17.7 Å². The number of rotatable bonds is 6. The van der Waals surface area contributed by atoms with Crippen LogP contribution < -0.4 is 14.8 Å². The predicted molar refractivity (Wildman–Crippen MR) is 118 cm³/mol. The minimum Gasteiger partial charge on any atom is -0.504 e. The number of hydrogen-bond acceptors (Lipinski definition) is 5. The third-order valence-electron chi connectivity index (χ3n) is 5.31. The number of nitrogens with one attached hydrogen (secondary N) is 1. The van der Waals surface area contributed by atoms with Gasteiger partial charge >= 0.3 is 0 Å². The molecule has 0 aromatic heterocycles. The van der Waals surface area contributed by atoms with Crippen molar-refractivity contribution in [2.24, 2.45) is 4.99 Å². The maximum Gasteiger partial charge on any atom is 0.162 e. The lowest BCUT2D eigenvalue weighted by Crippen LogP contribution is -2.33. The summed E-state index contributed by atoms with van der Waals surface area (Å²) in [7, 11) is 1.62. The van der Waals surface area contributed by atoms with Crippen molar-refractivity contribution in [1.82, 2.24) is 5.32 Å². The van der Waals surface area contributed by atoms with E-state index in [-0.39, 0.29) is 17.6 Å². The largest absolute Gasteiger partial charge is 0.504 e. The van der Waals surface area contributed by atoms with Crippen LogP contribution in [-0.2, 0) is 0 Å². The van der Waals surface area contributed by atoms with Crippen molar-refractivity contribution < 1.29 is 19.0 Å². The van der Waals surface area contributed by atoms with Gasteiger partial charge in [-0.1, -0.05) is 36.4 Å². The number of ether oxygens (including phenoxy) is 2. The number of hydrogen-bond donors (Lipinski definition) is 2. The fourth-order valence-electron chi connectivity index (χ4n) is 3.82. The molecule has 3 aromatic carbocycles. The monoisotopic (exact) mass is 420 g/mol. The van der Waals surface area contributed by atoms with Gasteiger partial charge in [0.2, 0.25) is 0 Å². The Morgan fingerprint density at radius 2 is 1.90 bits per heavy atom. The van der Waals surface area contributed by atoms with Crippen LogP contribution in [0.15, 0.2) is 71.7 Å². The molecule has 5 nitrogen and oxygen atoms in total. The number of phenolic OH excluding ortho intramolecular Hbond substituents is 1. The van der Waals surface area contributed by atoms with Gasteiger partial charge in [-0.2, -0.15) is 0 Å². The maximum absolute atomic E-state index is 13.9. The van der Waals surface area contributed by atoms with E-state index in [1.165, 1.54) is 12.1 Å². The first-order valence-electron chi connectivity index (χ1n) is 10.3. The Morgan fingerprint density at radius 1 is 1.10 bits per heavy atom. The summed E-state index contributed by atoms with van der Waals surface area (Å²) in [4.78, 5) is 4.87. The molecule has 0 unspecified atom stereocenters. The van der Waals surface area contributed by atoms with Crippen molar-refractivity contribution >= 4 is 5.71 Å². The zero-order chi connectivity index (χ0) is 21.8. The average Bonchev–Trinajstić information content (AvgIpc) is 2.80. The number of benzene rings is 3. The zero-order valence-corrected chi connectivity index (χ0v) is 17.5. The highest BCUT2D eigenvalue weighted by molar-refractivity contribution is 6.02. The molecule has 4 rings (SSSR count). The van der Waals surface area contributed by atoms with Crippen LogP contribution in [0, 0.1) is 5.82 Å². The summed E-state index contributed by atoms with van der Waals surface area (Å²) >= 11 is 0. The second kappa shape index (κ2) is 9.18. The van der Waals surface area contributed by atoms with Gasteiger partial charge in [-0.3, -0.25) is 10.3 Å². The van der Waals surface area contributed by atoms with Gasteiger partial charge in [0.05, 0.1) is 13.7 Å². The topological polar surface area (TPSA) is 63.1 Å². The molecule has 1 heterocycles. The van der Waals surface area contributed by atoms with E-state index < -0.39 is 6.17 Å². The van der Waals surface area contributed by atoms with Crippen molar-refractivity contribution in [3.63, 3.8) is 0 Å². The normalized spacial score (nSPS) is 18.4. The summed E-state index contributed by atoms with van der Waals surface area (Å²) in [6, 6.07) is 19.3. The van der Waals surface area contributed by atoms with Crippen LogP contribution in [0.3, 0.4) is 0 Å². The van der Waals surface area contributed by atoms with E-state index in [1.807, 2.05) is 49.4 Å². The van der Waals surface area contributed by atoms with E-state index in [9.17, 15) is 9.50 Å². The van der Waals surface area contributed by atoms with Crippen molar-refractivity contribution in [3.05, 3.63) is 89.2 Å². The predicted octanol–water partition coefficient (Wildman–Crippen LogP) is 5.16. The Morgan fingerprint density at radius 3 is 2.68 bits per heavy atom. The summed E-state index contributed by atoms with van der Waals surface area (Å²) in [6.07, 6.45) is 0.0769.